The highest BCUT2D eigenvalue weighted by atomic mass is 16.1. The number of isocyanates is 2. The minimum Gasteiger partial charge on any atom is -0.317 e. The van der Waals surface area contributed by atoms with Crippen LogP contribution in [0.3, 0.4) is 0 Å². The molecular weight excluding hydrogens is 234 g/mol. The summed E-state index contributed by atoms with van der Waals surface area (Å²) < 4.78 is 0. The molecule has 0 aliphatic heterocycles. The van der Waals surface area contributed by atoms with E-state index in [1.165, 1.54) is 12.2 Å². The van der Waals surface area contributed by atoms with Gasteiger partial charge in [0.2, 0.25) is 12.2 Å². The molecule has 18 heavy (non-hydrogen) atoms. The monoisotopic (exact) mass is 255 g/mol. The molecule has 0 saturated heterocycles. The summed E-state index contributed by atoms with van der Waals surface area (Å²) in [5, 5.41) is 9.40. The lowest BCUT2D eigenvalue weighted by atomic mass is 9.98. The van der Waals surface area contributed by atoms with Crippen LogP contribution in [0.25, 0.3) is 0 Å². The van der Waals surface area contributed by atoms with Crippen molar-refractivity contribution in [1.82, 2.24) is 16.0 Å². The van der Waals surface area contributed by atoms with Gasteiger partial charge in [-0.3, -0.25) is 0 Å². The van der Waals surface area contributed by atoms with Gasteiger partial charge in [0, 0.05) is 6.04 Å². The lowest BCUT2D eigenvalue weighted by molar-refractivity contribution is 0.247. The predicted octanol–water partition coefficient (Wildman–Crippen LogP) is -0.839. The summed E-state index contributed by atoms with van der Waals surface area (Å²) in [7, 11) is 5.44. The number of hydrogen-bond donors (Lipinski definition) is 3. The van der Waals surface area contributed by atoms with E-state index in [1.54, 1.807) is 14.1 Å². The van der Waals surface area contributed by atoms with E-state index in [-0.39, 0.29) is 6.04 Å². The molecule has 7 heteroatoms. The van der Waals surface area contributed by atoms with E-state index in [1.807, 2.05) is 7.05 Å². The van der Waals surface area contributed by atoms with E-state index in [0.29, 0.717) is 25.9 Å². The second kappa shape index (κ2) is 9.65. The van der Waals surface area contributed by atoms with Gasteiger partial charge in [-0.05, 0) is 34.0 Å². The first kappa shape index (κ1) is 16.6. The van der Waals surface area contributed by atoms with Crippen LogP contribution in [0.15, 0.2) is 9.98 Å². The minimum absolute atomic E-state index is 0.142. The molecule has 0 aromatic rings. The van der Waals surface area contributed by atoms with E-state index >= 15 is 0 Å². The lowest BCUT2D eigenvalue weighted by Gasteiger charge is -2.34. The number of nitrogens with zero attached hydrogens (tertiary/aromatic N) is 2. The van der Waals surface area contributed by atoms with Crippen molar-refractivity contribution in [3.63, 3.8) is 0 Å². The Balaban J connectivity index is 4.59. The maximum atomic E-state index is 10.2. The van der Waals surface area contributed by atoms with Gasteiger partial charge >= 0.3 is 0 Å². The molecule has 0 aromatic carbocycles. The molecule has 0 saturated carbocycles. The van der Waals surface area contributed by atoms with Crippen LogP contribution in [0.2, 0.25) is 0 Å². The topological polar surface area (TPSA) is 95.0 Å². The first-order chi connectivity index (χ1) is 8.67. The Morgan fingerprint density at radius 3 is 2.17 bits per heavy atom. The molecule has 0 spiro atoms. The maximum Gasteiger partial charge on any atom is 0.235 e. The average Bonchev–Trinajstić information content (AvgIpc) is 2.42. The van der Waals surface area contributed by atoms with Crippen molar-refractivity contribution in [3.05, 3.63) is 0 Å². The van der Waals surface area contributed by atoms with Gasteiger partial charge in [0.15, 0.2) is 0 Å². The number of nitrogens with one attached hydrogen (secondary N) is 3. The summed E-state index contributed by atoms with van der Waals surface area (Å²) in [6.07, 6.45) is 4.46. The molecule has 0 radical (unpaired) electrons. The van der Waals surface area contributed by atoms with Gasteiger partial charge in [-0.1, -0.05) is 0 Å². The van der Waals surface area contributed by atoms with Gasteiger partial charge in [0.05, 0.1) is 18.8 Å². The molecular formula is C11H21N5O2. The SMILES string of the molecule is CNC(CCN=C=O)CC(CN=C=O)(NC)NC. The van der Waals surface area contributed by atoms with Crippen LogP contribution >= 0.6 is 0 Å². The Kier molecular flexibility index (Phi) is 8.92. The van der Waals surface area contributed by atoms with E-state index in [4.69, 9.17) is 0 Å². The van der Waals surface area contributed by atoms with Crippen molar-refractivity contribution < 1.29 is 9.59 Å². The normalized spacial score (nSPS) is 12.4. The third-order valence-electron chi connectivity index (χ3n) is 3.03. The van der Waals surface area contributed by atoms with Crippen LogP contribution in [-0.4, -0.2) is 58.1 Å². The van der Waals surface area contributed by atoms with E-state index < -0.39 is 5.66 Å². The summed E-state index contributed by atoms with van der Waals surface area (Å²) in [4.78, 5) is 27.4. The summed E-state index contributed by atoms with van der Waals surface area (Å²) in [5.74, 6) is 0. The Morgan fingerprint density at radius 2 is 1.72 bits per heavy atom. The molecule has 3 N–H and O–H groups in total. The highest BCUT2D eigenvalue weighted by molar-refractivity contribution is 5.33. The number of rotatable bonds is 10. The zero-order chi connectivity index (χ0) is 13.9. The Bertz CT molecular complexity index is 317. The number of carbonyl (C=O) groups excluding carboxylic acids is 2. The third kappa shape index (κ3) is 5.82. The molecule has 7 nitrogen and oxygen atoms in total. The highest BCUT2D eigenvalue weighted by Gasteiger charge is 2.29. The second-order valence-corrected chi connectivity index (χ2v) is 3.94. The van der Waals surface area contributed by atoms with Crippen LogP contribution in [0.4, 0.5) is 0 Å². The molecule has 0 bridgehead atoms. The van der Waals surface area contributed by atoms with Crippen LogP contribution < -0.4 is 16.0 Å². The smallest absolute Gasteiger partial charge is 0.235 e. The zero-order valence-corrected chi connectivity index (χ0v) is 11.1. The van der Waals surface area contributed by atoms with Crippen LogP contribution in [0, 0.1) is 0 Å². The lowest BCUT2D eigenvalue weighted by Crippen LogP contribution is -2.59. The van der Waals surface area contributed by atoms with Gasteiger partial charge in [0.25, 0.3) is 0 Å². The first-order valence-electron chi connectivity index (χ1n) is 5.80. The molecule has 0 rings (SSSR count). The summed E-state index contributed by atoms with van der Waals surface area (Å²) in [5.41, 5.74) is -0.476. The predicted molar refractivity (Wildman–Crippen MR) is 68.9 cm³/mol. The molecule has 0 heterocycles. The van der Waals surface area contributed by atoms with Crippen LogP contribution in [0.5, 0.6) is 0 Å². The van der Waals surface area contributed by atoms with Gasteiger partial charge in [-0.25, -0.2) is 19.6 Å². The zero-order valence-electron chi connectivity index (χ0n) is 11.1. The molecule has 1 unspecified atom stereocenters. The Labute approximate surface area is 107 Å². The van der Waals surface area contributed by atoms with Gasteiger partial charge in [-0.2, -0.15) is 0 Å². The number of aliphatic imine (C=N–C) groups is 2. The molecule has 102 valence electrons. The Hall–Kier alpha value is -1.36. The summed E-state index contributed by atoms with van der Waals surface area (Å²) in [6.45, 7) is 0.716. The van der Waals surface area contributed by atoms with Crippen molar-refractivity contribution in [1.29, 1.82) is 0 Å². The second-order valence-electron chi connectivity index (χ2n) is 3.94. The molecule has 0 aromatic heterocycles. The summed E-state index contributed by atoms with van der Waals surface area (Å²) in [6, 6.07) is 0.142. The van der Waals surface area contributed by atoms with Crippen molar-refractivity contribution in [3.8, 4) is 0 Å². The van der Waals surface area contributed by atoms with E-state index in [2.05, 4.69) is 25.9 Å². The average molecular weight is 255 g/mol. The fourth-order valence-electron chi connectivity index (χ4n) is 1.75. The first-order valence-corrected chi connectivity index (χ1v) is 5.80. The van der Waals surface area contributed by atoms with Crippen molar-refractivity contribution >= 4 is 12.2 Å². The molecule has 0 amide bonds. The maximum absolute atomic E-state index is 10.2. The molecule has 1 atom stereocenters. The molecule has 0 fully saturated rings. The number of hydrogen-bond acceptors (Lipinski definition) is 7. The Morgan fingerprint density at radius 1 is 1.11 bits per heavy atom. The van der Waals surface area contributed by atoms with Crippen LogP contribution in [-0.2, 0) is 9.59 Å². The van der Waals surface area contributed by atoms with E-state index in [9.17, 15) is 9.59 Å². The van der Waals surface area contributed by atoms with Crippen LogP contribution in [0.1, 0.15) is 12.8 Å². The van der Waals surface area contributed by atoms with Gasteiger partial charge < -0.3 is 16.0 Å². The third-order valence-corrected chi connectivity index (χ3v) is 3.03. The molecule has 0 aliphatic carbocycles. The van der Waals surface area contributed by atoms with Crippen molar-refractivity contribution in [2.75, 3.05) is 34.2 Å². The fraction of sp³-hybridized carbons (Fsp3) is 0.818. The quantitative estimate of drug-likeness (QED) is 0.269. The van der Waals surface area contributed by atoms with Crippen molar-refractivity contribution in [2.24, 2.45) is 9.98 Å². The van der Waals surface area contributed by atoms with Gasteiger partial charge in [0.1, 0.15) is 0 Å². The highest BCUT2D eigenvalue weighted by Crippen LogP contribution is 2.12. The van der Waals surface area contributed by atoms with Crippen molar-refractivity contribution in [2.45, 2.75) is 24.5 Å². The standard InChI is InChI=1S/C11H21N5O2/c1-12-10(4-5-15-8-17)6-11(13-2,14-3)7-16-9-18/h10,12-14H,4-7H2,1-3H3. The minimum atomic E-state index is -0.476. The summed E-state index contributed by atoms with van der Waals surface area (Å²) >= 11 is 0. The van der Waals surface area contributed by atoms with E-state index in [0.717, 1.165) is 0 Å². The largest absolute Gasteiger partial charge is 0.317 e. The fourth-order valence-corrected chi connectivity index (χ4v) is 1.75. The number of likely N-dealkylation sites (N-methyl/N-ethyl adjacent to an activating group) is 2. The van der Waals surface area contributed by atoms with Gasteiger partial charge in [-0.15, -0.1) is 0 Å². The molecule has 0 aliphatic rings.